The smallest absolute Gasteiger partial charge is 0.217 e. The molecule has 7 rings (SSSR count). The van der Waals surface area contributed by atoms with Gasteiger partial charge in [0.2, 0.25) is 5.69 Å². The highest BCUT2D eigenvalue weighted by Gasteiger charge is 2.32. The van der Waals surface area contributed by atoms with Crippen molar-refractivity contribution in [2.75, 3.05) is 0 Å². The Kier molecular flexibility index (Phi) is 3.36. The predicted octanol–water partition coefficient (Wildman–Crippen LogP) is 7.51. The second kappa shape index (κ2) is 5.98. The van der Waals surface area contributed by atoms with Crippen LogP contribution in [0, 0.1) is 0 Å². The molecule has 6 aromatic rings. The number of nitrogens with zero attached hydrogens (tertiary/aromatic N) is 1. The van der Waals surface area contributed by atoms with Crippen LogP contribution in [-0.2, 0) is 12.0 Å². The highest BCUT2D eigenvalue weighted by Crippen LogP contribution is 2.42. The van der Waals surface area contributed by atoms with Crippen LogP contribution in [0.25, 0.3) is 54.7 Å². The van der Waals surface area contributed by atoms with E-state index in [2.05, 4.69) is 104 Å². The molecule has 0 saturated heterocycles. The van der Waals surface area contributed by atoms with E-state index in [0.717, 1.165) is 17.7 Å². The molecule has 1 aliphatic heterocycles. The first kappa shape index (κ1) is 18.0. The summed E-state index contributed by atoms with van der Waals surface area (Å²) < 4.78 is 8.97. The highest BCUT2D eigenvalue weighted by atomic mass is 16.3. The average molecular weight is 415 g/mol. The summed E-state index contributed by atoms with van der Waals surface area (Å²) in [7, 11) is 0. The molecular formula is C30H24NO+. The lowest BCUT2D eigenvalue weighted by atomic mass is 9.87. The fraction of sp³-hybridized carbons (Fsp3) is 0.167. The maximum Gasteiger partial charge on any atom is 0.217 e. The summed E-state index contributed by atoms with van der Waals surface area (Å²) in [5.74, 6) is 0. The van der Waals surface area contributed by atoms with Crippen LogP contribution >= 0.6 is 0 Å². The van der Waals surface area contributed by atoms with Gasteiger partial charge in [-0.3, -0.25) is 0 Å². The molecule has 1 aliphatic rings. The van der Waals surface area contributed by atoms with Crippen molar-refractivity contribution in [1.29, 1.82) is 0 Å². The Bertz CT molecular complexity index is 1730. The predicted molar refractivity (Wildman–Crippen MR) is 132 cm³/mol. The molecule has 2 nitrogen and oxygen atoms in total. The number of hydrogen-bond donors (Lipinski definition) is 0. The molecule has 0 radical (unpaired) electrons. The first-order valence-corrected chi connectivity index (χ1v) is 11.3. The van der Waals surface area contributed by atoms with Crippen LogP contribution in [0.4, 0.5) is 0 Å². The number of aromatic nitrogens is 1. The summed E-state index contributed by atoms with van der Waals surface area (Å²) in [6.07, 6.45) is 2.23. The zero-order valence-corrected chi connectivity index (χ0v) is 18.6. The molecule has 0 atom stereocenters. The Hall–Kier alpha value is -3.65. The van der Waals surface area contributed by atoms with Crippen molar-refractivity contribution in [3.63, 3.8) is 0 Å². The Morgan fingerprint density at radius 1 is 0.750 bits per heavy atom. The Morgan fingerprint density at radius 2 is 1.59 bits per heavy atom. The van der Waals surface area contributed by atoms with Crippen molar-refractivity contribution in [2.24, 2.45) is 0 Å². The molecule has 0 amide bonds. The van der Waals surface area contributed by atoms with Gasteiger partial charge in [-0.15, -0.1) is 0 Å². The third kappa shape index (κ3) is 2.38. The SMILES string of the molecule is CC(C)(C)c1cc[n+]2c(c1)-c1c(ccc3c1oc1cc4c(ccc5ccccc54)cc13)C2. The minimum atomic E-state index is 0.110. The van der Waals surface area contributed by atoms with Gasteiger partial charge >= 0.3 is 0 Å². The van der Waals surface area contributed by atoms with Crippen LogP contribution in [0.15, 0.2) is 83.4 Å². The standard InChI is InChI=1S/C30H24NO/c1-30(2,3)21-12-13-31-17-20-10-11-23-25-14-19-9-8-18-6-4-5-7-22(18)24(19)16-27(25)32-29(23)28(20)26(31)15-21/h4-16H,17H2,1-3H3/q+1. The second-order valence-electron chi connectivity index (χ2n) is 10.1. The molecule has 0 aliphatic carbocycles. The maximum absolute atomic E-state index is 6.62. The molecule has 2 heteroatoms. The van der Waals surface area contributed by atoms with E-state index >= 15 is 0 Å². The van der Waals surface area contributed by atoms with Gasteiger partial charge in [0, 0.05) is 28.5 Å². The largest absolute Gasteiger partial charge is 0.455 e. The van der Waals surface area contributed by atoms with Gasteiger partial charge in [-0.2, -0.15) is 4.57 Å². The summed E-state index contributed by atoms with van der Waals surface area (Å²) in [5, 5.41) is 7.42. The van der Waals surface area contributed by atoms with E-state index in [1.54, 1.807) is 0 Å². The average Bonchev–Trinajstić information content (AvgIpc) is 3.34. The lowest BCUT2D eigenvalue weighted by molar-refractivity contribution is -0.672. The van der Waals surface area contributed by atoms with Crippen LogP contribution < -0.4 is 4.57 Å². The van der Waals surface area contributed by atoms with E-state index in [4.69, 9.17) is 4.42 Å². The van der Waals surface area contributed by atoms with E-state index in [1.165, 1.54) is 54.7 Å². The second-order valence-corrected chi connectivity index (χ2v) is 10.1. The van der Waals surface area contributed by atoms with E-state index in [-0.39, 0.29) is 5.41 Å². The molecule has 0 N–H and O–H groups in total. The van der Waals surface area contributed by atoms with Crippen molar-refractivity contribution in [3.8, 4) is 11.3 Å². The van der Waals surface area contributed by atoms with E-state index in [0.29, 0.717) is 0 Å². The maximum atomic E-state index is 6.62. The Labute approximate surface area is 186 Å². The van der Waals surface area contributed by atoms with Crippen LogP contribution in [0.3, 0.4) is 0 Å². The summed E-state index contributed by atoms with van der Waals surface area (Å²) >= 11 is 0. The number of hydrogen-bond acceptors (Lipinski definition) is 1. The zero-order valence-electron chi connectivity index (χ0n) is 18.6. The van der Waals surface area contributed by atoms with Gasteiger partial charge in [-0.05, 0) is 50.7 Å². The quantitative estimate of drug-likeness (QED) is 0.185. The molecule has 0 spiro atoms. The molecule has 0 bridgehead atoms. The van der Waals surface area contributed by atoms with Crippen molar-refractivity contribution >= 4 is 43.5 Å². The number of pyridine rings is 1. The van der Waals surface area contributed by atoms with Gasteiger partial charge in [0.05, 0.1) is 5.56 Å². The highest BCUT2D eigenvalue weighted by molar-refractivity contribution is 6.17. The number of rotatable bonds is 0. The first-order chi connectivity index (χ1) is 15.5. The van der Waals surface area contributed by atoms with Crippen LogP contribution in [0.1, 0.15) is 31.9 Å². The number of fused-ring (bicyclic) bond motifs is 10. The third-order valence-corrected chi connectivity index (χ3v) is 7.09. The molecule has 32 heavy (non-hydrogen) atoms. The van der Waals surface area contributed by atoms with Gasteiger partial charge in [0.1, 0.15) is 11.2 Å². The molecule has 0 saturated carbocycles. The molecule has 3 heterocycles. The summed E-state index contributed by atoms with van der Waals surface area (Å²) in [5.41, 5.74) is 7.27. The normalized spacial score (nSPS) is 13.3. The topological polar surface area (TPSA) is 17.0 Å². The van der Waals surface area contributed by atoms with E-state index < -0.39 is 0 Å². The van der Waals surface area contributed by atoms with Gasteiger partial charge in [0.15, 0.2) is 12.7 Å². The monoisotopic (exact) mass is 414 g/mol. The lowest BCUT2D eigenvalue weighted by Gasteiger charge is -2.18. The molecular weight excluding hydrogens is 390 g/mol. The molecule has 4 aromatic carbocycles. The van der Waals surface area contributed by atoms with Crippen molar-refractivity contribution in [3.05, 3.63) is 90.1 Å². The summed E-state index contributed by atoms with van der Waals surface area (Å²) in [6.45, 7) is 7.71. The summed E-state index contributed by atoms with van der Waals surface area (Å²) in [4.78, 5) is 0. The van der Waals surface area contributed by atoms with Crippen molar-refractivity contribution in [1.82, 2.24) is 0 Å². The minimum absolute atomic E-state index is 0.110. The van der Waals surface area contributed by atoms with Crippen molar-refractivity contribution in [2.45, 2.75) is 32.7 Å². The van der Waals surface area contributed by atoms with E-state index in [1.807, 2.05) is 0 Å². The number of furan rings is 1. The van der Waals surface area contributed by atoms with Gasteiger partial charge in [-0.25, -0.2) is 0 Å². The molecule has 2 aromatic heterocycles. The van der Waals surface area contributed by atoms with E-state index in [9.17, 15) is 0 Å². The third-order valence-electron chi connectivity index (χ3n) is 7.09. The van der Waals surface area contributed by atoms with Crippen LogP contribution in [-0.4, -0.2) is 0 Å². The molecule has 0 fully saturated rings. The van der Waals surface area contributed by atoms with Crippen molar-refractivity contribution < 1.29 is 8.98 Å². The molecule has 154 valence electrons. The zero-order chi connectivity index (χ0) is 21.6. The van der Waals surface area contributed by atoms with Crippen LogP contribution in [0.5, 0.6) is 0 Å². The number of benzene rings is 4. The Balaban J connectivity index is 1.56. The Morgan fingerprint density at radius 3 is 2.47 bits per heavy atom. The van der Waals surface area contributed by atoms with Gasteiger partial charge < -0.3 is 4.42 Å². The lowest BCUT2D eigenvalue weighted by Crippen LogP contribution is -2.32. The van der Waals surface area contributed by atoms with Gasteiger partial charge in [0.25, 0.3) is 0 Å². The fourth-order valence-corrected chi connectivity index (χ4v) is 5.33. The summed E-state index contributed by atoms with van der Waals surface area (Å²) in [6, 6.07) is 26.7. The minimum Gasteiger partial charge on any atom is -0.455 e. The molecule has 0 unspecified atom stereocenters. The van der Waals surface area contributed by atoms with Crippen LogP contribution in [0.2, 0.25) is 0 Å². The fourth-order valence-electron chi connectivity index (χ4n) is 5.33. The van der Waals surface area contributed by atoms with Gasteiger partial charge in [-0.1, -0.05) is 63.2 Å². The first-order valence-electron chi connectivity index (χ1n) is 11.3.